The Bertz CT molecular complexity index is 634. The summed E-state index contributed by atoms with van der Waals surface area (Å²) >= 11 is 0. The number of hydrogen-bond donors (Lipinski definition) is 0. The highest BCUT2D eigenvalue weighted by Crippen LogP contribution is 2.29. The molecule has 1 amide bonds. The van der Waals surface area contributed by atoms with Crippen molar-refractivity contribution in [3.63, 3.8) is 0 Å². The first-order valence-corrected chi connectivity index (χ1v) is 9.96. The first-order valence-electron chi connectivity index (χ1n) is 9.96. The molecule has 146 valence electrons. The van der Waals surface area contributed by atoms with Gasteiger partial charge in [-0.15, -0.1) is 0 Å². The van der Waals surface area contributed by atoms with Crippen LogP contribution >= 0.6 is 0 Å². The van der Waals surface area contributed by atoms with Crippen molar-refractivity contribution >= 4 is 5.91 Å². The van der Waals surface area contributed by atoms with Gasteiger partial charge in [-0.1, -0.05) is 6.92 Å². The summed E-state index contributed by atoms with van der Waals surface area (Å²) < 4.78 is 7.57. The minimum Gasteiger partial charge on any atom is -0.378 e. The van der Waals surface area contributed by atoms with E-state index >= 15 is 0 Å². The molecule has 0 spiro atoms. The number of rotatable bonds is 4. The molecule has 1 aliphatic carbocycles. The molecule has 1 atom stereocenters. The fourth-order valence-electron chi connectivity index (χ4n) is 4.41. The minimum atomic E-state index is 0.162. The van der Waals surface area contributed by atoms with Crippen molar-refractivity contribution in [1.82, 2.24) is 19.6 Å². The molecule has 6 nitrogen and oxygen atoms in total. The molecule has 1 aromatic heterocycles. The molecular formula is C20H34N4O2. The van der Waals surface area contributed by atoms with Crippen LogP contribution in [0.1, 0.15) is 55.6 Å². The fourth-order valence-corrected chi connectivity index (χ4v) is 4.41. The topological polar surface area (TPSA) is 50.6 Å². The highest BCUT2D eigenvalue weighted by Gasteiger charge is 2.29. The normalized spacial score (nSPS) is 27.5. The van der Waals surface area contributed by atoms with Crippen LogP contribution in [-0.2, 0) is 16.1 Å². The van der Waals surface area contributed by atoms with Crippen molar-refractivity contribution in [3.8, 4) is 0 Å². The van der Waals surface area contributed by atoms with E-state index in [1.165, 1.54) is 18.4 Å². The monoisotopic (exact) mass is 362 g/mol. The summed E-state index contributed by atoms with van der Waals surface area (Å²) in [5.74, 6) is 0.956. The Balaban J connectivity index is 1.70. The molecule has 2 heterocycles. The Hall–Kier alpha value is -1.40. The van der Waals surface area contributed by atoms with Gasteiger partial charge in [0.25, 0.3) is 0 Å². The summed E-state index contributed by atoms with van der Waals surface area (Å²) in [6.45, 7) is 9.15. The second-order valence-electron chi connectivity index (χ2n) is 8.23. The van der Waals surface area contributed by atoms with Gasteiger partial charge >= 0.3 is 0 Å². The van der Waals surface area contributed by atoms with Gasteiger partial charge < -0.3 is 9.64 Å². The van der Waals surface area contributed by atoms with Crippen molar-refractivity contribution in [3.05, 3.63) is 17.0 Å². The average Bonchev–Trinajstić information content (AvgIpc) is 2.89. The average molecular weight is 363 g/mol. The van der Waals surface area contributed by atoms with E-state index in [0.717, 1.165) is 43.3 Å². The Morgan fingerprint density at radius 3 is 2.62 bits per heavy atom. The predicted molar refractivity (Wildman–Crippen MR) is 102 cm³/mol. The van der Waals surface area contributed by atoms with E-state index in [1.54, 1.807) is 0 Å². The van der Waals surface area contributed by atoms with Gasteiger partial charge in [0.2, 0.25) is 5.91 Å². The van der Waals surface area contributed by atoms with Crippen molar-refractivity contribution in [1.29, 1.82) is 0 Å². The summed E-state index contributed by atoms with van der Waals surface area (Å²) in [6.07, 6.45) is 4.69. The molecule has 1 aromatic rings. The molecule has 26 heavy (non-hydrogen) atoms. The fraction of sp³-hybridized carbons (Fsp3) is 0.800. The molecule has 0 aromatic carbocycles. The minimum absolute atomic E-state index is 0.162. The molecule has 1 saturated carbocycles. The van der Waals surface area contributed by atoms with Gasteiger partial charge in [0, 0.05) is 30.9 Å². The molecule has 1 saturated heterocycles. The number of ether oxygens (including phenoxy) is 1. The molecule has 0 N–H and O–H groups in total. The number of hydrogen-bond acceptors (Lipinski definition) is 4. The zero-order valence-corrected chi connectivity index (χ0v) is 17.0. The van der Waals surface area contributed by atoms with Crippen LogP contribution in [0.15, 0.2) is 0 Å². The lowest BCUT2D eigenvalue weighted by atomic mass is 9.87. The highest BCUT2D eigenvalue weighted by molar-refractivity contribution is 5.76. The third kappa shape index (κ3) is 3.96. The van der Waals surface area contributed by atoms with Gasteiger partial charge in [-0.05, 0) is 52.5 Å². The maximum Gasteiger partial charge on any atom is 0.244 e. The van der Waals surface area contributed by atoms with E-state index < -0.39 is 0 Å². The van der Waals surface area contributed by atoms with Crippen molar-refractivity contribution in [2.45, 2.75) is 65.1 Å². The lowest BCUT2D eigenvalue weighted by Gasteiger charge is -2.34. The molecule has 0 bridgehead atoms. The standard InChI is InChI=1S/C20H34N4O2/c1-14-6-8-17(9-7-14)23(5)19(25)12-24-16(3)20(15(2)21-24)18-13-26-11-10-22(18)4/h14,17-18H,6-13H2,1-5H3. The lowest BCUT2D eigenvalue weighted by molar-refractivity contribution is -0.133. The molecule has 1 aliphatic heterocycles. The number of aromatic nitrogens is 2. The maximum atomic E-state index is 12.8. The molecule has 2 aliphatic rings. The van der Waals surface area contributed by atoms with Gasteiger partial charge in [-0.2, -0.15) is 5.10 Å². The molecular weight excluding hydrogens is 328 g/mol. The number of aryl methyl sites for hydroxylation is 1. The van der Waals surface area contributed by atoms with E-state index in [4.69, 9.17) is 4.74 Å². The van der Waals surface area contributed by atoms with E-state index in [1.807, 2.05) is 23.6 Å². The number of nitrogens with zero attached hydrogens (tertiary/aromatic N) is 4. The van der Waals surface area contributed by atoms with E-state index in [2.05, 4.69) is 30.9 Å². The Morgan fingerprint density at radius 1 is 1.27 bits per heavy atom. The van der Waals surface area contributed by atoms with Crippen LogP contribution in [0.5, 0.6) is 0 Å². The van der Waals surface area contributed by atoms with Crippen LogP contribution in [0.2, 0.25) is 0 Å². The number of carbonyl (C=O) groups is 1. The van der Waals surface area contributed by atoms with Crippen LogP contribution in [0.4, 0.5) is 0 Å². The molecule has 1 unspecified atom stereocenters. The van der Waals surface area contributed by atoms with Crippen LogP contribution in [-0.4, -0.2) is 65.4 Å². The summed E-state index contributed by atoms with van der Waals surface area (Å²) in [7, 11) is 4.09. The first kappa shape index (κ1) is 19.4. The zero-order chi connectivity index (χ0) is 18.8. The summed E-state index contributed by atoms with van der Waals surface area (Å²) in [4.78, 5) is 17.1. The first-order chi connectivity index (χ1) is 12.4. The smallest absolute Gasteiger partial charge is 0.244 e. The number of amides is 1. The van der Waals surface area contributed by atoms with Gasteiger partial charge in [0.05, 0.1) is 24.9 Å². The number of morpholine rings is 1. The van der Waals surface area contributed by atoms with Crippen LogP contribution in [0.25, 0.3) is 0 Å². The Labute approximate surface area is 157 Å². The van der Waals surface area contributed by atoms with Crippen LogP contribution in [0, 0.1) is 19.8 Å². The lowest BCUT2D eigenvalue weighted by Crippen LogP contribution is -2.41. The Morgan fingerprint density at radius 2 is 1.96 bits per heavy atom. The van der Waals surface area contributed by atoms with Crippen LogP contribution < -0.4 is 0 Å². The molecule has 0 radical (unpaired) electrons. The second kappa shape index (κ2) is 8.09. The molecule has 3 rings (SSSR count). The molecule has 2 fully saturated rings. The van der Waals surface area contributed by atoms with E-state index in [9.17, 15) is 4.79 Å². The van der Waals surface area contributed by atoms with Crippen molar-refractivity contribution < 1.29 is 9.53 Å². The summed E-state index contributed by atoms with van der Waals surface area (Å²) in [6, 6.07) is 0.609. The zero-order valence-electron chi connectivity index (χ0n) is 17.0. The van der Waals surface area contributed by atoms with Crippen molar-refractivity contribution in [2.75, 3.05) is 33.9 Å². The predicted octanol–water partition coefficient (Wildman–Crippen LogP) is 2.54. The summed E-state index contributed by atoms with van der Waals surface area (Å²) in [5.41, 5.74) is 3.31. The number of likely N-dealkylation sites (N-methyl/N-ethyl adjacent to an activating group) is 2. The molecule has 6 heteroatoms. The Kier molecular flexibility index (Phi) is 6.03. The third-order valence-electron chi connectivity index (χ3n) is 6.38. The quantitative estimate of drug-likeness (QED) is 0.826. The second-order valence-corrected chi connectivity index (χ2v) is 8.23. The van der Waals surface area contributed by atoms with Gasteiger partial charge in [-0.25, -0.2) is 0 Å². The van der Waals surface area contributed by atoms with Gasteiger partial charge in [0.15, 0.2) is 0 Å². The summed E-state index contributed by atoms with van der Waals surface area (Å²) in [5, 5.41) is 4.69. The highest BCUT2D eigenvalue weighted by atomic mass is 16.5. The maximum absolute atomic E-state index is 12.8. The van der Waals surface area contributed by atoms with Crippen LogP contribution in [0.3, 0.4) is 0 Å². The van der Waals surface area contributed by atoms with Crippen molar-refractivity contribution in [2.24, 2.45) is 5.92 Å². The van der Waals surface area contributed by atoms with Gasteiger partial charge in [0.1, 0.15) is 6.54 Å². The number of carbonyl (C=O) groups excluding carboxylic acids is 1. The third-order valence-corrected chi connectivity index (χ3v) is 6.38. The SMILES string of the molecule is Cc1nn(CC(=O)N(C)C2CCC(C)CC2)c(C)c1C1COCCN1C. The van der Waals surface area contributed by atoms with E-state index in [-0.39, 0.29) is 11.9 Å². The van der Waals surface area contributed by atoms with Gasteiger partial charge in [-0.3, -0.25) is 14.4 Å². The van der Waals surface area contributed by atoms with E-state index in [0.29, 0.717) is 19.2 Å². The largest absolute Gasteiger partial charge is 0.378 e.